The van der Waals surface area contributed by atoms with Crippen molar-refractivity contribution in [2.24, 2.45) is 12.8 Å². The van der Waals surface area contributed by atoms with Crippen LogP contribution in [0.15, 0.2) is 33.2 Å². The fourth-order valence-corrected chi connectivity index (χ4v) is 3.05. The first-order chi connectivity index (χ1) is 9.49. The van der Waals surface area contributed by atoms with Crippen molar-refractivity contribution in [3.05, 3.63) is 51.4 Å². The number of hydrogen-bond acceptors (Lipinski definition) is 3. The molecule has 1 atom stereocenters. The number of hydrogen-bond donors (Lipinski definition) is 1. The molecule has 0 fully saturated rings. The van der Waals surface area contributed by atoms with Crippen molar-refractivity contribution in [3.8, 4) is 0 Å². The fourth-order valence-electron chi connectivity index (χ4n) is 2.58. The van der Waals surface area contributed by atoms with Gasteiger partial charge < -0.3 is 10.2 Å². The van der Waals surface area contributed by atoms with Gasteiger partial charge in [-0.3, -0.25) is 4.68 Å². The van der Waals surface area contributed by atoms with Gasteiger partial charge in [-0.1, -0.05) is 12.1 Å². The lowest BCUT2D eigenvalue weighted by Crippen LogP contribution is -2.13. The molecule has 0 aliphatic heterocycles. The Balaban J connectivity index is 2.13. The van der Waals surface area contributed by atoms with Gasteiger partial charge in [0.2, 0.25) is 0 Å². The molecule has 2 heterocycles. The van der Waals surface area contributed by atoms with Crippen LogP contribution in [0.5, 0.6) is 0 Å². The number of nitrogens with two attached hydrogens (primary N) is 1. The summed E-state index contributed by atoms with van der Waals surface area (Å²) in [5.41, 5.74) is 10.2. The lowest BCUT2D eigenvalue weighted by molar-refractivity contribution is 0.522. The second kappa shape index (κ2) is 4.75. The average molecular weight is 334 g/mol. The molecule has 2 aromatic heterocycles. The first-order valence-electron chi connectivity index (χ1n) is 6.42. The molecule has 1 aromatic carbocycles. The Kier molecular flexibility index (Phi) is 3.18. The van der Waals surface area contributed by atoms with Gasteiger partial charge in [-0.15, -0.1) is 0 Å². The third-order valence-electron chi connectivity index (χ3n) is 3.70. The van der Waals surface area contributed by atoms with E-state index in [2.05, 4.69) is 21.0 Å². The normalized spacial score (nSPS) is 13.1. The van der Waals surface area contributed by atoms with Crippen molar-refractivity contribution < 1.29 is 4.42 Å². The lowest BCUT2D eigenvalue weighted by Gasteiger charge is -2.09. The van der Waals surface area contributed by atoms with E-state index in [0.29, 0.717) is 0 Å². The number of aromatic nitrogens is 2. The van der Waals surface area contributed by atoms with E-state index in [4.69, 9.17) is 10.2 Å². The lowest BCUT2D eigenvalue weighted by atomic mass is 10.0. The van der Waals surface area contributed by atoms with Crippen molar-refractivity contribution >= 4 is 26.9 Å². The predicted molar refractivity (Wildman–Crippen MR) is 82.6 cm³/mol. The third kappa shape index (κ3) is 1.98. The molecule has 0 aliphatic rings. The van der Waals surface area contributed by atoms with Crippen molar-refractivity contribution in [2.45, 2.75) is 19.9 Å². The highest BCUT2D eigenvalue weighted by Gasteiger charge is 2.21. The quantitative estimate of drug-likeness (QED) is 0.779. The van der Waals surface area contributed by atoms with Crippen LogP contribution in [0.1, 0.15) is 28.8 Å². The minimum Gasteiger partial charge on any atom is -0.458 e. The van der Waals surface area contributed by atoms with E-state index >= 15 is 0 Å². The van der Waals surface area contributed by atoms with Gasteiger partial charge in [-0.05, 0) is 41.9 Å². The molecule has 0 spiro atoms. The molecule has 1 unspecified atom stereocenters. The minimum atomic E-state index is -0.303. The van der Waals surface area contributed by atoms with E-state index in [1.807, 2.05) is 49.8 Å². The monoisotopic (exact) mass is 333 g/mol. The van der Waals surface area contributed by atoms with Crippen LogP contribution in [0.2, 0.25) is 0 Å². The van der Waals surface area contributed by atoms with Gasteiger partial charge in [0.25, 0.3) is 0 Å². The zero-order chi connectivity index (χ0) is 14.4. The molecule has 2 N–H and O–H groups in total. The summed E-state index contributed by atoms with van der Waals surface area (Å²) in [4.78, 5) is 0. The minimum absolute atomic E-state index is 0.303. The zero-order valence-electron chi connectivity index (χ0n) is 11.6. The van der Waals surface area contributed by atoms with Crippen LogP contribution in [-0.4, -0.2) is 9.78 Å². The number of nitrogens with zero attached hydrogens (tertiary/aromatic N) is 2. The van der Waals surface area contributed by atoms with E-state index in [1.165, 1.54) is 0 Å². The molecule has 0 amide bonds. The number of aryl methyl sites for hydroxylation is 2. The number of furan rings is 1. The van der Waals surface area contributed by atoms with E-state index in [1.54, 1.807) is 0 Å². The highest BCUT2D eigenvalue weighted by molar-refractivity contribution is 9.10. The van der Waals surface area contributed by atoms with Gasteiger partial charge in [0.1, 0.15) is 11.3 Å². The van der Waals surface area contributed by atoms with Crippen LogP contribution in [-0.2, 0) is 7.05 Å². The molecule has 0 aliphatic carbocycles. The van der Waals surface area contributed by atoms with Crippen LogP contribution >= 0.6 is 15.9 Å². The van der Waals surface area contributed by atoms with Gasteiger partial charge in [0.05, 0.1) is 16.2 Å². The highest BCUT2D eigenvalue weighted by atomic mass is 79.9. The SMILES string of the molecule is Cc1nn(C)c(C)c1C(N)c1cc2cccc(Br)c2o1. The summed E-state index contributed by atoms with van der Waals surface area (Å²) in [5.74, 6) is 0.756. The van der Waals surface area contributed by atoms with E-state index in [-0.39, 0.29) is 6.04 Å². The molecule has 0 saturated heterocycles. The van der Waals surface area contributed by atoms with Crippen LogP contribution in [0.25, 0.3) is 11.0 Å². The Labute approximate surface area is 125 Å². The zero-order valence-corrected chi connectivity index (χ0v) is 13.2. The van der Waals surface area contributed by atoms with Gasteiger partial charge in [-0.2, -0.15) is 5.10 Å². The molecular formula is C15H16BrN3O. The van der Waals surface area contributed by atoms with Crippen LogP contribution < -0.4 is 5.73 Å². The Bertz CT molecular complexity index is 788. The molecule has 5 heteroatoms. The number of benzene rings is 1. The van der Waals surface area contributed by atoms with E-state index in [0.717, 1.165) is 38.2 Å². The second-order valence-corrected chi connectivity index (χ2v) is 5.85. The summed E-state index contributed by atoms with van der Waals surface area (Å²) < 4.78 is 8.71. The smallest absolute Gasteiger partial charge is 0.148 e. The molecule has 0 bridgehead atoms. The van der Waals surface area contributed by atoms with Crippen molar-refractivity contribution in [3.63, 3.8) is 0 Å². The largest absolute Gasteiger partial charge is 0.458 e. The van der Waals surface area contributed by atoms with Gasteiger partial charge in [0.15, 0.2) is 0 Å². The summed E-state index contributed by atoms with van der Waals surface area (Å²) in [6, 6.07) is 7.65. The molecule has 3 rings (SSSR count). The molecular weight excluding hydrogens is 318 g/mol. The topological polar surface area (TPSA) is 57.0 Å². The molecule has 104 valence electrons. The van der Waals surface area contributed by atoms with Crippen molar-refractivity contribution in [2.75, 3.05) is 0 Å². The maximum Gasteiger partial charge on any atom is 0.148 e. The number of fused-ring (bicyclic) bond motifs is 1. The maximum atomic E-state index is 6.38. The van der Waals surface area contributed by atoms with Gasteiger partial charge >= 0.3 is 0 Å². The Morgan fingerprint density at radius 2 is 2.10 bits per heavy atom. The first-order valence-corrected chi connectivity index (χ1v) is 7.22. The summed E-state index contributed by atoms with van der Waals surface area (Å²) in [6.07, 6.45) is 0. The maximum absolute atomic E-state index is 6.38. The van der Waals surface area contributed by atoms with Crippen LogP contribution in [0.4, 0.5) is 0 Å². The molecule has 20 heavy (non-hydrogen) atoms. The van der Waals surface area contributed by atoms with Gasteiger partial charge in [0, 0.05) is 23.7 Å². The van der Waals surface area contributed by atoms with Crippen molar-refractivity contribution in [1.82, 2.24) is 9.78 Å². The fraction of sp³-hybridized carbons (Fsp3) is 0.267. The summed E-state index contributed by atoms with van der Waals surface area (Å²) in [7, 11) is 1.92. The number of halogens is 1. The summed E-state index contributed by atoms with van der Waals surface area (Å²) in [6.45, 7) is 3.99. The number of rotatable bonds is 2. The molecule has 0 saturated carbocycles. The van der Waals surface area contributed by atoms with E-state index < -0.39 is 0 Å². The van der Waals surface area contributed by atoms with Crippen LogP contribution in [0, 0.1) is 13.8 Å². The summed E-state index contributed by atoms with van der Waals surface area (Å²) in [5, 5.41) is 5.46. The molecule has 4 nitrogen and oxygen atoms in total. The number of para-hydroxylation sites is 1. The van der Waals surface area contributed by atoms with Gasteiger partial charge in [-0.25, -0.2) is 0 Å². The third-order valence-corrected chi connectivity index (χ3v) is 4.32. The second-order valence-electron chi connectivity index (χ2n) is 4.99. The average Bonchev–Trinajstić information content (AvgIpc) is 2.93. The standard InChI is InChI=1S/C15H16BrN3O/c1-8-13(9(2)19(3)18-8)14(17)12-7-10-5-4-6-11(16)15(10)20-12/h4-7,14H,17H2,1-3H3. The van der Waals surface area contributed by atoms with E-state index in [9.17, 15) is 0 Å². The van der Waals surface area contributed by atoms with Crippen molar-refractivity contribution in [1.29, 1.82) is 0 Å². The van der Waals surface area contributed by atoms with Crippen LogP contribution in [0.3, 0.4) is 0 Å². The summed E-state index contributed by atoms with van der Waals surface area (Å²) >= 11 is 3.50. The molecule has 0 radical (unpaired) electrons. The molecule has 3 aromatic rings. The predicted octanol–water partition coefficient (Wildman–Crippen LogP) is 3.59. The Morgan fingerprint density at radius 3 is 2.70 bits per heavy atom. The first kappa shape index (κ1) is 13.4. The highest BCUT2D eigenvalue weighted by Crippen LogP contribution is 2.32. The Hall–Kier alpha value is -1.59. The Morgan fingerprint density at radius 1 is 1.35 bits per heavy atom.